The highest BCUT2D eigenvalue weighted by molar-refractivity contribution is 5.80. The van der Waals surface area contributed by atoms with Gasteiger partial charge in [0, 0.05) is 26.4 Å². The molecule has 0 heterocycles. The third kappa shape index (κ3) is 6.60. The molecule has 0 aliphatic heterocycles. The summed E-state index contributed by atoms with van der Waals surface area (Å²) in [5, 5.41) is 2.55. The molecule has 0 aliphatic rings. The average molecular weight is 200 g/mol. The van der Waals surface area contributed by atoms with Crippen LogP contribution in [0, 0.1) is 0 Å². The summed E-state index contributed by atoms with van der Waals surface area (Å²) >= 11 is 0. The number of hydrogen-bond acceptors (Lipinski definition) is 3. The van der Waals surface area contributed by atoms with Gasteiger partial charge in [0.05, 0.1) is 6.54 Å². The first kappa shape index (κ1) is 13.1. The minimum absolute atomic E-state index is 0.0137. The van der Waals surface area contributed by atoms with E-state index < -0.39 is 0 Å². The molecule has 0 aromatic rings. The van der Waals surface area contributed by atoms with Crippen molar-refractivity contribution < 1.29 is 9.59 Å². The topological polar surface area (TPSA) is 49.4 Å². The van der Waals surface area contributed by atoms with Gasteiger partial charge < -0.3 is 5.32 Å². The van der Waals surface area contributed by atoms with Crippen LogP contribution in [0.3, 0.4) is 0 Å². The number of nitrogens with one attached hydrogen (secondary N) is 1. The van der Waals surface area contributed by atoms with E-state index in [-0.39, 0.29) is 11.7 Å². The normalized spacial score (nSPS) is 10.3. The molecule has 0 saturated heterocycles. The molecule has 0 rings (SSSR count). The molecule has 1 N–H and O–H groups in total. The van der Waals surface area contributed by atoms with Gasteiger partial charge >= 0.3 is 0 Å². The largest absolute Gasteiger partial charge is 0.359 e. The van der Waals surface area contributed by atoms with Crippen molar-refractivity contribution in [2.24, 2.45) is 0 Å². The Hall–Kier alpha value is -0.900. The Balaban J connectivity index is 3.59. The van der Waals surface area contributed by atoms with Gasteiger partial charge in [0.1, 0.15) is 5.78 Å². The summed E-state index contributed by atoms with van der Waals surface area (Å²) in [6.45, 7) is 3.07. The van der Waals surface area contributed by atoms with Crippen molar-refractivity contribution in [1.82, 2.24) is 10.2 Å². The molecule has 14 heavy (non-hydrogen) atoms. The molecule has 0 aromatic heterocycles. The van der Waals surface area contributed by atoms with Crippen molar-refractivity contribution in [2.45, 2.75) is 26.2 Å². The van der Waals surface area contributed by atoms with Crippen molar-refractivity contribution in [3.63, 3.8) is 0 Å². The zero-order chi connectivity index (χ0) is 11.0. The highest BCUT2D eigenvalue weighted by Crippen LogP contribution is 1.93. The van der Waals surface area contributed by atoms with Crippen LogP contribution in [0.4, 0.5) is 0 Å². The Morgan fingerprint density at radius 1 is 1.29 bits per heavy atom. The molecule has 1 amide bonds. The summed E-state index contributed by atoms with van der Waals surface area (Å²) in [5.41, 5.74) is 0. The lowest BCUT2D eigenvalue weighted by Gasteiger charge is -2.14. The van der Waals surface area contributed by atoms with Gasteiger partial charge in [0.2, 0.25) is 5.91 Å². The van der Waals surface area contributed by atoms with Crippen molar-refractivity contribution in [2.75, 3.05) is 27.2 Å². The number of hydrogen-bond donors (Lipinski definition) is 1. The SMILES string of the molecule is CCCC(=O)CN(C)CCC(=O)NC. The fraction of sp³-hybridized carbons (Fsp3) is 0.800. The minimum atomic E-state index is 0.0137. The van der Waals surface area contributed by atoms with Crippen LogP contribution in [0.1, 0.15) is 26.2 Å². The molecular weight excluding hydrogens is 180 g/mol. The van der Waals surface area contributed by atoms with Crippen LogP contribution >= 0.6 is 0 Å². The number of likely N-dealkylation sites (N-methyl/N-ethyl adjacent to an activating group) is 1. The second-order valence-corrected chi connectivity index (χ2v) is 3.45. The van der Waals surface area contributed by atoms with Crippen LogP contribution in [-0.4, -0.2) is 43.8 Å². The smallest absolute Gasteiger partial charge is 0.221 e. The monoisotopic (exact) mass is 200 g/mol. The average Bonchev–Trinajstić information content (AvgIpc) is 2.14. The quantitative estimate of drug-likeness (QED) is 0.648. The number of Topliss-reactive ketones (excluding diaryl/α,β-unsaturated/α-hetero) is 1. The number of carbonyl (C=O) groups is 2. The van der Waals surface area contributed by atoms with Gasteiger partial charge in [0.25, 0.3) is 0 Å². The predicted octanol–water partition coefficient (Wildman–Crippen LogP) is 0.424. The molecule has 82 valence electrons. The molecule has 0 unspecified atom stereocenters. The number of amides is 1. The fourth-order valence-electron chi connectivity index (χ4n) is 1.16. The summed E-state index contributed by atoms with van der Waals surface area (Å²) in [6, 6.07) is 0. The highest BCUT2D eigenvalue weighted by Gasteiger charge is 2.06. The third-order valence-electron chi connectivity index (χ3n) is 1.97. The maximum Gasteiger partial charge on any atom is 0.221 e. The van der Waals surface area contributed by atoms with E-state index in [2.05, 4.69) is 5.32 Å². The minimum Gasteiger partial charge on any atom is -0.359 e. The van der Waals surface area contributed by atoms with Crippen LogP contribution in [0.5, 0.6) is 0 Å². The Kier molecular flexibility index (Phi) is 7.02. The maximum atomic E-state index is 11.2. The second-order valence-electron chi connectivity index (χ2n) is 3.45. The van der Waals surface area contributed by atoms with Gasteiger partial charge in [-0.3, -0.25) is 14.5 Å². The van der Waals surface area contributed by atoms with E-state index >= 15 is 0 Å². The Morgan fingerprint density at radius 3 is 2.43 bits per heavy atom. The van der Waals surface area contributed by atoms with E-state index in [1.54, 1.807) is 7.05 Å². The summed E-state index contributed by atoms with van der Waals surface area (Å²) < 4.78 is 0. The Morgan fingerprint density at radius 2 is 1.93 bits per heavy atom. The number of ketones is 1. The molecule has 0 fully saturated rings. The predicted molar refractivity (Wildman–Crippen MR) is 56.1 cm³/mol. The first-order valence-electron chi connectivity index (χ1n) is 5.01. The molecule has 0 saturated carbocycles. The number of nitrogens with zero attached hydrogens (tertiary/aromatic N) is 1. The Bertz CT molecular complexity index is 193. The van der Waals surface area contributed by atoms with Crippen LogP contribution in [0.15, 0.2) is 0 Å². The van der Waals surface area contributed by atoms with Crippen LogP contribution < -0.4 is 5.32 Å². The van der Waals surface area contributed by atoms with E-state index in [4.69, 9.17) is 0 Å². The lowest BCUT2D eigenvalue weighted by Crippen LogP contribution is -2.30. The van der Waals surface area contributed by atoms with E-state index in [9.17, 15) is 9.59 Å². The van der Waals surface area contributed by atoms with Crippen molar-refractivity contribution in [3.05, 3.63) is 0 Å². The van der Waals surface area contributed by atoms with Gasteiger partial charge in [-0.05, 0) is 13.5 Å². The molecule has 0 aromatic carbocycles. The lowest BCUT2D eigenvalue weighted by atomic mass is 10.2. The van der Waals surface area contributed by atoms with Gasteiger partial charge in [-0.1, -0.05) is 6.92 Å². The molecule has 0 bridgehead atoms. The molecule has 0 atom stereocenters. The number of carbonyl (C=O) groups excluding carboxylic acids is 2. The first-order valence-corrected chi connectivity index (χ1v) is 5.01. The fourth-order valence-corrected chi connectivity index (χ4v) is 1.16. The standard InChI is InChI=1S/C10H20N2O2/c1-4-5-9(13)8-12(3)7-6-10(14)11-2/h4-8H2,1-3H3,(H,11,14). The van der Waals surface area contributed by atoms with Crippen molar-refractivity contribution in [3.8, 4) is 0 Å². The van der Waals surface area contributed by atoms with E-state index in [1.165, 1.54) is 0 Å². The molecular formula is C10H20N2O2. The molecule has 4 nitrogen and oxygen atoms in total. The maximum absolute atomic E-state index is 11.2. The van der Waals surface area contributed by atoms with Crippen LogP contribution in [0.25, 0.3) is 0 Å². The zero-order valence-corrected chi connectivity index (χ0v) is 9.30. The van der Waals surface area contributed by atoms with Gasteiger partial charge in [-0.15, -0.1) is 0 Å². The lowest BCUT2D eigenvalue weighted by molar-refractivity contribution is -0.122. The van der Waals surface area contributed by atoms with Crippen LogP contribution in [0.2, 0.25) is 0 Å². The zero-order valence-electron chi connectivity index (χ0n) is 9.30. The first-order chi connectivity index (χ1) is 6.60. The molecule has 4 heteroatoms. The van der Waals surface area contributed by atoms with Crippen molar-refractivity contribution in [1.29, 1.82) is 0 Å². The molecule has 0 spiro atoms. The molecule has 0 aliphatic carbocycles. The van der Waals surface area contributed by atoms with Gasteiger partial charge in [-0.25, -0.2) is 0 Å². The van der Waals surface area contributed by atoms with Crippen molar-refractivity contribution >= 4 is 11.7 Å². The van der Waals surface area contributed by atoms with E-state index in [1.807, 2.05) is 18.9 Å². The Labute approximate surface area is 85.7 Å². The summed E-state index contributed by atoms with van der Waals surface area (Å²) in [6.07, 6.45) is 1.97. The van der Waals surface area contributed by atoms with Gasteiger partial charge in [0.15, 0.2) is 0 Å². The summed E-state index contributed by atoms with van der Waals surface area (Å²) in [5.74, 6) is 0.256. The second kappa shape index (κ2) is 7.50. The number of rotatable bonds is 7. The third-order valence-corrected chi connectivity index (χ3v) is 1.97. The van der Waals surface area contributed by atoms with E-state index in [0.29, 0.717) is 25.9 Å². The van der Waals surface area contributed by atoms with E-state index in [0.717, 1.165) is 6.42 Å². The summed E-state index contributed by atoms with van der Waals surface area (Å²) in [7, 11) is 3.47. The molecule has 0 radical (unpaired) electrons. The van der Waals surface area contributed by atoms with Crippen LogP contribution in [-0.2, 0) is 9.59 Å². The highest BCUT2D eigenvalue weighted by atomic mass is 16.1. The van der Waals surface area contributed by atoms with Gasteiger partial charge in [-0.2, -0.15) is 0 Å². The summed E-state index contributed by atoms with van der Waals surface area (Å²) in [4.78, 5) is 24.0.